The first-order valence-corrected chi connectivity index (χ1v) is 9.98. The summed E-state index contributed by atoms with van der Waals surface area (Å²) < 4.78 is 30.7. The number of hydrogen-bond donors (Lipinski definition) is 0. The number of nitrogens with zero attached hydrogens (tertiary/aromatic N) is 3. The van der Waals surface area contributed by atoms with Crippen molar-refractivity contribution in [2.45, 2.75) is 20.0 Å². The van der Waals surface area contributed by atoms with Crippen molar-refractivity contribution in [3.8, 4) is 11.3 Å². The SMILES string of the molecule is Cc1ccccc1Cn1nc2c3cc(F)ccc3n(Cc3ccc(F)cc3)cc-2c1=O. The molecule has 2 aliphatic rings. The van der Waals surface area contributed by atoms with Crippen LogP contribution in [0.4, 0.5) is 8.78 Å². The lowest BCUT2D eigenvalue weighted by Crippen LogP contribution is -2.18. The Morgan fingerprint density at radius 2 is 1.65 bits per heavy atom. The van der Waals surface area contributed by atoms with Crippen LogP contribution in [0.2, 0.25) is 0 Å². The monoisotopic (exact) mass is 415 g/mol. The zero-order valence-corrected chi connectivity index (χ0v) is 16.8. The second-order valence-electron chi connectivity index (χ2n) is 7.70. The Balaban J connectivity index is 1.68. The molecule has 0 fully saturated rings. The van der Waals surface area contributed by atoms with E-state index in [2.05, 4.69) is 5.10 Å². The van der Waals surface area contributed by atoms with Gasteiger partial charge in [0, 0.05) is 18.1 Å². The number of halogens is 2. The molecule has 0 bridgehead atoms. The molecule has 0 unspecified atom stereocenters. The number of rotatable bonds is 4. The molecule has 0 N–H and O–H groups in total. The minimum Gasteiger partial charge on any atom is -0.342 e. The van der Waals surface area contributed by atoms with Crippen molar-refractivity contribution >= 4 is 10.9 Å². The maximum Gasteiger partial charge on any atom is 0.278 e. The molecule has 0 saturated carbocycles. The minimum atomic E-state index is -0.394. The number of hydrogen-bond acceptors (Lipinski definition) is 2. The average Bonchev–Trinajstić information content (AvgIpc) is 3.07. The van der Waals surface area contributed by atoms with Gasteiger partial charge in [0.15, 0.2) is 0 Å². The van der Waals surface area contributed by atoms with Crippen molar-refractivity contribution in [2.24, 2.45) is 0 Å². The van der Waals surface area contributed by atoms with Crippen molar-refractivity contribution in [3.63, 3.8) is 0 Å². The highest BCUT2D eigenvalue weighted by atomic mass is 19.1. The van der Waals surface area contributed by atoms with E-state index in [9.17, 15) is 13.6 Å². The van der Waals surface area contributed by atoms with Crippen LogP contribution in [0.15, 0.2) is 77.7 Å². The third-order valence-corrected chi connectivity index (χ3v) is 5.60. The van der Waals surface area contributed by atoms with Gasteiger partial charge in [0.25, 0.3) is 5.56 Å². The average molecular weight is 415 g/mol. The highest BCUT2D eigenvalue weighted by Gasteiger charge is 2.21. The summed E-state index contributed by atoms with van der Waals surface area (Å²) in [6, 6.07) is 18.5. The predicted molar refractivity (Wildman–Crippen MR) is 116 cm³/mol. The number of aromatic nitrogens is 3. The Bertz CT molecular complexity index is 1430. The molecule has 0 saturated heterocycles. The molecule has 0 aromatic heterocycles. The third-order valence-electron chi connectivity index (χ3n) is 5.60. The van der Waals surface area contributed by atoms with Gasteiger partial charge in [-0.3, -0.25) is 4.79 Å². The van der Waals surface area contributed by atoms with E-state index in [-0.39, 0.29) is 11.4 Å². The third kappa shape index (κ3) is 3.50. The zero-order chi connectivity index (χ0) is 21.5. The standard InChI is InChI=1S/C25H19F2N3O/c1-16-4-2-3-5-18(16)14-30-25(31)22-15-29(13-17-6-8-19(26)9-7-17)23-11-10-20(27)12-21(23)24(22)28-30/h2-12,15H,13-14H2,1H3. The Labute approximate surface area is 177 Å². The van der Waals surface area contributed by atoms with Gasteiger partial charge < -0.3 is 4.57 Å². The molecular weight excluding hydrogens is 396 g/mol. The summed E-state index contributed by atoms with van der Waals surface area (Å²) in [5.41, 5.74) is 4.37. The van der Waals surface area contributed by atoms with Crippen LogP contribution in [0.5, 0.6) is 0 Å². The van der Waals surface area contributed by atoms with Gasteiger partial charge in [0.2, 0.25) is 0 Å². The molecule has 0 radical (unpaired) electrons. The van der Waals surface area contributed by atoms with Crippen LogP contribution >= 0.6 is 0 Å². The first kappa shape index (κ1) is 19.2. The number of benzene rings is 3. The van der Waals surface area contributed by atoms with Crippen molar-refractivity contribution in [2.75, 3.05) is 0 Å². The summed E-state index contributed by atoms with van der Waals surface area (Å²) in [7, 11) is 0. The molecule has 6 heteroatoms. The fraction of sp³-hybridized carbons (Fsp3) is 0.120. The Hall–Kier alpha value is -3.80. The molecule has 3 aromatic carbocycles. The van der Waals surface area contributed by atoms with E-state index in [0.717, 1.165) is 22.2 Å². The van der Waals surface area contributed by atoms with Crippen LogP contribution in [-0.2, 0) is 13.1 Å². The van der Waals surface area contributed by atoms with E-state index in [1.807, 2.05) is 35.8 Å². The van der Waals surface area contributed by atoms with E-state index in [1.165, 1.54) is 28.9 Å². The van der Waals surface area contributed by atoms with Crippen LogP contribution in [0.25, 0.3) is 22.2 Å². The molecule has 0 aliphatic carbocycles. The van der Waals surface area contributed by atoms with Gasteiger partial charge in [0.1, 0.15) is 17.3 Å². The highest BCUT2D eigenvalue weighted by molar-refractivity contribution is 5.93. The maximum absolute atomic E-state index is 14.1. The Morgan fingerprint density at radius 3 is 2.42 bits per heavy atom. The first-order chi connectivity index (χ1) is 15.0. The van der Waals surface area contributed by atoms with Gasteiger partial charge in [-0.2, -0.15) is 5.10 Å². The smallest absolute Gasteiger partial charge is 0.278 e. The molecule has 31 heavy (non-hydrogen) atoms. The second-order valence-corrected chi connectivity index (χ2v) is 7.70. The summed E-state index contributed by atoms with van der Waals surface area (Å²) in [5.74, 6) is -0.704. The van der Waals surface area contributed by atoms with E-state index in [4.69, 9.17) is 0 Å². The van der Waals surface area contributed by atoms with E-state index < -0.39 is 5.82 Å². The van der Waals surface area contributed by atoms with Crippen LogP contribution in [-0.4, -0.2) is 14.3 Å². The Morgan fingerprint density at radius 1 is 0.903 bits per heavy atom. The fourth-order valence-electron chi connectivity index (χ4n) is 3.92. The maximum atomic E-state index is 14.1. The topological polar surface area (TPSA) is 39.8 Å². The molecule has 154 valence electrons. The molecule has 5 rings (SSSR count). The van der Waals surface area contributed by atoms with Crippen molar-refractivity contribution in [1.29, 1.82) is 0 Å². The largest absolute Gasteiger partial charge is 0.342 e. The predicted octanol–water partition coefficient (Wildman–Crippen LogP) is 4.99. The normalized spacial score (nSPS) is 11.5. The number of fused-ring (bicyclic) bond motifs is 3. The molecular formula is C25H19F2N3O. The number of aryl methyl sites for hydroxylation is 1. The highest BCUT2D eigenvalue weighted by Crippen LogP contribution is 2.29. The van der Waals surface area contributed by atoms with Gasteiger partial charge in [0.05, 0.1) is 17.6 Å². The van der Waals surface area contributed by atoms with E-state index in [0.29, 0.717) is 29.7 Å². The molecule has 3 aromatic rings. The number of pyridine rings is 1. The molecule has 0 atom stereocenters. The van der Waals surface area contributed by atoms with Gasteiger partial charge in [-0.15, -0.1) is 0 Å². The van der Waals surface area contributed by atoms with E-state index in [1.54, 1.807) is 24.4 Å². The van der Waals surface area contributed by atoms with Crippen molar-refractivity contribution in [1.82, 2.24) is 14.3 Å². The first-order valence-electron chi connectivity index (χ1n) is 9.98. The Kier molecular flexibility index (Phi) is 4.62. The minimum absolute atomic E-state index is 0.225. The lowest BCUT2D eigenvalue weighted by molar-refractivity contribution is 0.626. The molecule has 0 spiro atoms. The zero-order valence-electron chi connectivity index (χ0n) is 16.8. The lowest BCUT2D eigenvalue weighted by Gasteiger charge is -2.14. The molecule has 0 amide bonds. The van der Waals surface area contributed by atoms with Gasteiger partial charge in [-0.05, 0) is 53.9 Å². The summed E-state index contributed by atoms with van der Waals surface area (Å²) in [4.78, 5) is 13.2. The lowest BCUT2D eigenvalue weighted by atomic mass is 10.1. The summed E-state index contributed by atoms with van der Waals surface area (Å²) >= 11 is 0. The summed E-state index contributed by atoms with van der Waals surface area (Å²) in [6.45, 7) is 2.75. The van der Waals surface area contributed by atoms with Gasteiger partial charge in [-0.1, -0.05) is 36.4 Å². The van der Waals surface area contributed by atoms with Crippen LogP contribution < -0.4 is 5.56 Å². The van der Waals surface area contributed by atoms with Crippen LogP contribution in [0.1, 0.15) is 16.7 Å². The van der Waals surface area contributed by atoms with Gasteiger partial charge in [-0.25, -0.2) is 13.5 Å². The second kappa shape index (κ2) is 7.47. The summed E-state index contributed by atoms with van der Waals surface area (Å²) in [6.07, 6.45) is 1.75. The molecule has 4 nitrogen and oxygen atoms in total. The van der Waals surface area contributed by atoms with E-state index >= 15 is 0 Å². The van der Waals surface area contributed by atoms with Crippen LogP contribution in [0, 0.1) is 18.6 Å². The quantitative estimate of drug-likeness (QED) is 0.415. The van der Waals surface area contributed by atoms with Crippen LogP contribution in [0.3, 0.4) is 0 Å². The van der Waals surface area contributed by atoms with Gasteiger partial charge >= 0.3 is 0 Å². The van der Waals surface area contributed by atoms with Crippen molar-refractivity contribution < 1.29 is 8.78 Å². The fourth-order valence-corrected chi connectivity index (χ4v) is 3.92. The molecule has 2 heterocycles. The molecule has 2 aliphatic heterocycles. The summed E-state index contributed by atoms with van der Waals surface area (Å²) in [5, 5.41) is 5.12. The van der Waals surface area contributed by atoms with Crippen molar-refractivity contribution in [3.05, 3.63) is 112 Å².